The zero-order valence-corrected chi connectivity index (χ0v) is 16.5. The molecule has 5 heteroatoms. The molecule has 1 amide bonds. The van der Waals surface area contributed by atoms with Gasteiger partial charge >= 0.3 is 0 Å². The summed E-state index contributed by atoms with van der Waals surface area (Å²) in [5, 5.41) is 3.56. The molecular formula is C23H23NO4. The van der Waals surface area contributed by atoms with Crippen LogP contribution >= 0.6 is 0 Å². The molecule has 28 heavy (non-hydrogen) atoms. The summed E-state index contributed by atoms with van der Waals surface area (Å²) in [6.45, 7) is 7.69. The van der Waals surface area contributed by atoms with E-state index in [2.05, 4.69) is 5.32 Å². The molecule has 1 N–H and O–H groups in total. The number of anilines is 1. The van der Waals surface area contributed by atoms with Gasteiger partial charge in [0.2, 0.25) is 0 Å². The van der Waals surface area contributed by atoms with E-state index >= 15 is 0 Å². The van der Waals surface area contributed by atoms with E-state index in [9.17, 15) is 9.59 Å². The van der Waals surface area contributed by atoms with Gasteiger partial charge < -0.3 is 14.5 Å². The fourth-order valence-electron chi connectivity index (χ4n) is 3.72. The van der Waals surface area contributed by atoms with Gasteiger partial charge in [0.15, 0.2) is 11.5 Å². The Labute approximate surface area is 163 Å². The predicted molar refractivity (Wildman–Crippen MR) is 108 cm³/mol. The third-order valence-electron chi connectivity index (χ3n) is 5.57. The molecule has 0 radical (unpaired) electrons. The number of fused-ring (bicyclic) bond motifs is 3. The molecule has 144 valence electrons. The molecule has 0 bridgehead atoms. The van der Waals surface area contributed by atoms with Gasteiger partial charge in [-0.2, -0.15) is 0 Å². The Hall–Kier alpha value is -3.08. The molecule has 3 aromatic rings. The van der Waals surface area contributed by atoms with Crippen molar-refractivity contribution in [2.24, 2.45) is 0 Å². The molecule has 2 aromatic carbocycles. The largest absolute Gasteiger partial charge is 0.486 e. The Balaban J connectivity index is 1.78. The van der Waals surface area contributed by atoms with Gasteiger partial charge in [0.1, 0.15) is 16.9 Å². The van der Waals surface area contributed by atoms with E-state index < -0.39 is 5.60 Å². The first-order valence-corrected chi connectivity index (χ1v) is 9.48. The molecule has 1 atom stereocenters. The van der Waals surface area contributed by atoms with Gasteiger partial charge in [0.25, 0.3) is 5.91 Å². The van der Waals surface area contributed by atoms with Crippen LogP contribution in [0.5, 0.6) is 5.75 Å². The van der Waals surface area contributed by atoms with Crippen molar-refractivity contribution >= 4 is 28.3 Å². The molecule has 0 aliphatic carbocycles. The summed E-state index contributed by atoms with van der Waals surface area (Å²) in [5.41, 5.74) is 2.87. The van der Waals surface area contributed by atoms with Crippen LogP contribution in [0.15, 0.2) is 40.8 Å². The highest BCUT2D eigenvalue weighted by atomic mass is 16.5. The summed E-state index contributed by atoms with van der Waals surface area (Å²) in [6.07, 6.45) is 1.05. The third kappa shape index (κ3) is 2.87. The molecule has 0 spiro atoms. The highest BCUT2D eigenvalue weighted by molar-refractivity contribution is 6.14. The van der Waals surface area contributed by atoms with Crippen molar-refractivity contribution in [3.8, 4) is 5.75 Å². The highest BCUT2D eigenvalue weighted by Gasteiger charge is 2.37. The van der Waals surface area contributed by atoms with E-state index in [0.29, 0.717) is 34.3 Å². The molecule has 1 aromatic heterocycles. The van der Waals surface area contributed by atoms with Crippen molar-refractivity contribution in [1.29, 1.82) is 0 Å². The second-order valence-electron chi connectivity index (χ2n) is 7.64. The monoisotopic (exact) mass is 377 g/mol. The lowest BCUT2D eigenvalue weighted by Crippen LogP contribution is -2.38. The SMILES string of the molecule is CC[C@@]1(C)CC(=O)c2c(ccc3oc(C(=O)Nc4ccccc4C)c(C)c23)O1. The Kier molecular flexibility index (Phi) is 4.26. The second kappa shape index (κ2) is 6.51. The fourth-order valence-corrected chi connectivity index (χ4v) is 3.72. The first kappa shape index (κ1) is 18.3. The first-order chi connectivity index (χ1) is 13.3. The molecule has 5 nitrogen and oxygen atoms in total. The van der Waals surface area contributed by atoms with E-state index in [1.54, 1.807) is 19.1 Å². The van der Waals surface area contributed by atoms with Crippen molar-refractivity contribution < 1.29 is 18.7 Å². The average molecular weight is 377 g/mol. The number of carbonyl (C=O) groups excluding carboxylic acids is 2. The zero-order valence-electron chi connectivity index (χ0n) is 16.5. The Morgan fingerprint density at radius 3 is 2.64 bits per heavy atom. The molecule has 1 aliphatic rings. The molecule has 0 unspecified atom stereocenters. The second-order valence-corrected chi connectivity index (χ2v) is 7.64. The summed E-state index contributed by atoms with van der Waals surface area (Å²) in [6, 6.07) is 11.1. The molecule has 2 heterocycles. The van der Waals surface area contributed by atoms with Gasteiger partial charge in [-0.05, 0) is 51.0 Å². The molecule has 1 aliphatic heterocycles. The number of rotatable bonds is 3. The quantitative estimate of drug-likeness (QED) is 0.660. The lowest BCUT2D eigenvalue weighted by Gasteiger charge is -2.34. The summed E-state index contributed by atoms with van der Waals surface area (Å²) in [5.74, 6) is 0.455. The fraction of sp³-hybridized carbons (Fsp3) is 0.304. The minimum Gasteiger partial charge on any atom is -0.486 e. The summed E-state index contributed by atoms with van der Waals surface area (Å²) < 4.78 is 12.0. The third-order valence-corrected chi connectivity index (χ3v) is 5.57. The number of hydrogen-bond donors (Lipinski definition) is 1. The number of benzene rings is 2. The van der Waals surface area contributed by atoms with Gasteiger partial charge in [-0.15, -0.1) is 0 Å². The number of ether oxygens (including phenoxy) is 1. The summed E-state index contributed by atoms with van der Waals surface area (Å²) in [4.78, 5) is 25.8. The highest BCUT2D eigenvalue weighted by Crippen LogP contribution is 2.41. The van der Waals surface area contributed by atoms with E-state index in [-0.39, 0.29) is 17.5 Å². The van der Waals surface area contributed by atoms with Crippen LogP contribution in [0.4, 0.5) is 5.69 Å². The molecule has 0 saturated heterocycles. The minimum atomic E-state index is -0.500. The van der Waals surface area contributed by atoms with Crippen molar-refractivity contribution in [2.45, 2.75) is 46.1 Å². The number of carbonyl (C=O) groups is 2. The van der Waals surface area contributed by atoms with E-state index in [4.69, 9.17) is 9.15 Å². The maximum Gasteiger partial charge on any atom is 0.291 e. The number of Topliss-reactive ketones (excluding diaryl/α,β-unsaturated/α-hetero) is 1. The first-order valence-electron chi connectivity index (χ1n) is 9.48. The van der Waals surface area contributed by atoms with Crippen molar-refractivity contribution in [3.63, 3.8) is 0 Å². The van der Waals surface area contributed by atoms with Crippen LogP contribution in [0.25, 0.3) is 11.0 Å². The van der Waals surface area contributed by atoms with Gasteiger partial charge in [-0.3, -0.25) is 9.59 Å². The zero-order chi connectivity index (χ0) is 20.1. The van der Waals surface area contributed by atoms with Crippen LogP contribution in [-0.2, 0) is 0 Å². The van der Waals surface area contributed by atoms with Crippen LogP contribution in [-0.4, -0.2) is 17.3 Å². The van der Waals surface area contributed by atoms with Crippen LogP contribution in [0.3, 0.4) is 0 Å². The van der Waals surface area contributed by atoms with Gasteiger partial charge in [-0.1, -0.05) is 25.1 Å². The van der Waals surface area contributed by atoms with Gasteiger partial charge in [-0.25, -0.2) is 0 Å². The number of aryl methyl sites for hydroxylation is 2. The van der Waals surface area contributed by atoms with Crippen molar-refractivity contribution in [1.82, 2.24) is 0 Å². The van der Waals surface area contributed by atoms with Gasteiger partial charge in [0.05, 0.1) is 12.0 Å². The van der Waals surface area contributed by atoms with Crippen molar-refractivity contribution in [3.05, 3.63) is 58.8 Å². The topological polar surface area (TPSA) is 68.5 Å². The maximum absolute atomic E-state index is 12.9. The molecule has 0 saturated carbocycles. The van der Waals surface area contributed by atoms with Crippen LogP contribution in [0.1, 0.15) is 58.7 Å². The summed E-state index contributed by atoms with van der Waals surface area (Å²) >= 11 is 0. The number of amides is 1. The number of ketones is 1. The van der Waals surface area contributed by atoms with E-state index in [0.717, 1.165) is 17.7 Å². The van der Waals surface area contributed by atoms with Crippen LogP contribution < -0.4 is 10.1 Å². The molecule has 0 fully saturated rings. The number of para-hydroxylation sites is 1. The minimum absolute atomic E-state index is 0.0194. The normalized spacial score (nSPS) is 18.6. The lowest BCUT2D eigenvalue weighted by molar-refractivity contribution is 0.0503. The number of nitrogens with one attached hydrogen (secondary N) is 1. The van der Waals surface area contributed by atoms with Gasteiger partial charge in [0, 0.05) is 16.6 Å². The Morgan fingerprint density at radius 1 is 1.18 bits per heavy atom. The lowest BCUT2D eigenvalue weighted by atomic mass is 9.87. The summed E-state index contributed by atoms with van der Waals surface area (Å²) in [7, 11) is 0. The Bertz CT molecular complexity index is 1110. The van der Waals surface area contributed by atoms with Crippen LogP contribution in [0.2, 0.25) is 0 Å². The standard InChI is InChI=1S/C23H23NO4/c1-5-23(4)12-16(25)20-18(28-23)11-10-17-19(20)14(3)21(27-17)22(26)24-15-9-7-6-8-13(15)2/h6-11H,5,12H2,1-4H3,(H,24,26)/t23-/m0/s1. The average Bonchev–Trinajstić information content (AvgIpc) is 3.00. The smallest absolute Gasteiger partial charge is 0.291 e. The number of furan rings is 1. The maximum atomic E-state index is 12.9. The molecular weight excluding hydrogens is 354 g/mol. The van der Waals surface area contributed by atoms with E-state index in [1.165, 1.54) is 0 Å². The predicted octanol–water partition coefficient (Wildman–Crippen LogP) is 5.44. The van der Waals surface area contributed by atoms with Crippen molar-refractivity contribution in [2.75, 3.05) is 5.32 Å². The number of hydrogen-bond acceptors (Lipinski definition) is 4. The van der Waals surface area contributed by atoms with Crippen LogP contribution in [0, 0.1) is 13.8 Å². The Morgan fingerprint density at radius 2 is 1.93 bits per heavy atom. The van der Waals surface area contributed by atoms with E-state index in [1.807, 2.05) is 45.0 Å². The molecule has 4 rings (SSSR count).